The van der Waals surface area contributed by atoms with E-state index in [1.54, 1.807) is 9.80 Å². The molecule has 1 aliphatic rings. The predicted octanol–water partition coefficient (Wildman–Crippen LogP) is 0.815. The van der Waals surface area contributed by atoms with Crippen LogP contribution in [0.2, 0.25) is 0 Å². The predicted molar refractivity (Wildman–Crippen MR) is 95.2 cm³/mol. The molecule has 1 aromatic carbocycles. The van der Waals surface area contributed by atoms with E-state index in [0.717, 1.165) is 6.07 Å². The lowest BCUT2D eigenvalue weighted by Gasteiger charge is -2.41. The summed E-state index contributed by atoms with van der Waals surface area (Å²) in [7, 11) is 0. The summed E-state index contributed by atoms with van der Waals surface area (Å²) in [6, 6.07) is 3.26. The lowest BCUT2D eigenvalue weighted by molar-refractivity contribution is -0.393. The highest BCUT2D eigenvalue weighted by Crippen LogP contribution is 2.33. The highest BCUT2D eigenvalue weighted by Gasteiger charge is 2.33. The molecule has 0 bridgehead atoms. The first kappa shape index (κ1) is 18.8. The van der Waals surface area contributed by atoms with E-state index in [0.29, 0.717) is 19.6 Å². The highest BCUT2D eigenvalue weighted by molar-refractivity contribution is 6.00. The van der Waals surface area contributed by atoms with Crippen LogP contribution in [0.5, 0.6) is 0 Å². The van der Waals surface area contributed by atoms with E-state index in [2.05, 4.69) is 20.1 Å². The number of hydrogen-bond donors (Lipinski definition) is 2. The van der Waals surface area contributed by atoms with Gasteiger partial charge in [-0.2, -0.15) is 0 Å². The Morgan fingerprint density at radius 1 is 1.32 bits per heavy atom. The first-order chi connectivity index (χ1) is 13.3. The van der Waals surface area contributed by atoms with E-state index in [4.69, 9.17) is 5.73 Å². The minimum Gasteiger partial charge on any atom is -0.409 e. The third-order valence-corrected chi connectivity index (χ3v) is 4.43. The van der Waals surface area contributed by atoms with Gasteiger partial charge in [0.15, 0.2) is 11.5 Å². The number of nitro benzene ring substituents is 2. The fraction of sp³-hybridized carbons (Fsp3) is 0.357. The molecule has 1 aromatic heterocycles. The van der Waals surface area contributed by atoms with Crippen LogP contribution in [0.4, 0.5) is 22.9 Å². The first-order valence-electron chi connectivity index (χ1n) is 8.08. The van der Waals surface area contributed by atoms with Gasteiger partial charge in [0.25, 0.3) is 11.4 Å². The third kappa shape index (κ3) is 3.34. The molecule has 0 spiro atoms. The van der Waals surface area contributed by atoms with Gasteiger partial charge in [0.2, 0.25) is 5.84 Å². The summed E-state index contributed by atoms with van der Waals surface area (Å²) >= 11 is 0. The maximum Gasteiger partial charge on any atom is 0.299 e. The summed E-state index contributed by atoms with van der Waals surface area (Å²) in [4.78, 5) is 24.4. The minimum atomic E-state index is -0.683. The van der Waals surface area contributed by atoms with E-state index < -0.39 is 9.85 Å². The number of nitrogens with two attached hydrogens (primary N) is 1. The Bertz CT molecular complexity index is 944. The molecule has 1 saturated heterocycles. The van der Waals surface area contributed by atoms with Crippen LogP contribution in [-0.4, -0.2) is 61.8 Å². The number of nitro groups is 2. The number of piperazine rings is 1. The lowest BCUT2D eigenvalue weighted by Crippen LogP contribution is -2.54. The van der Waals surface area contributed by atoms with Crippen molar-refractivity contribution in [3.05, 3.63) is 44.1 Å². The van der Waals surface area contributed by atoms with Crippen LogP contribution in [-0.2, 0) is 0 Å². The van der Waals surface area contributed by atoms with Gasteiger partial charge in [-0.25, -0.2) is 4.63 Å². The molecule has 28 heavy (non-hydrogen) atoms. The van der Waals surface area contributed by atoms with Gasteiger partial charge in [-0.3, -0.25) is 20.2 Å². The van der Waals surface area contributed by atoms with Gasteiger partial charge >= 0.3 is 0 Å². The Hall–Kier alpha value is -3.97. The van der Waals surface area contributed by atoms with Gasteiger partial charge in [-0.1, -0.05) is 5.16 Å². The van der Waals surface area contributed by atoms with Crippen LogP contribution in [0.1, 0.15) is 12.6 Å². The van der Waals surface area contributed by atoms with Crippen molar-refractivity contribution in [2.75, 3.05) is 30.3 Å². The number of non-ortho nitro benzene ring substituents is 1. The summed E-state index contributed by atoms with van der Waals surface area (Å²) in [6.07, 6.45) is 0. The molecule has 14 nitrogen and oxygen atoms in total. The van der Waals surface area contributed by atoms with Crippen LogP contribution in [0, 0.1) is 20.2 Å². The Morgan fingerprint density at radius 2 is 2.07 bits per heavy atom. The first-order valence-corrected chi connectivity index (χ1v) is 8.08. The van der Waals surface area contributed by atoms with Crippen LogP contribution >= 0.6 is 0 Å². The molecule has 1 aliphatic heterocycles. The molecule has 0 amide bonds. The van der Waals surface area contributed by atoms with E-state index in [1.807, 2.05) is 6.92 Å². The summed E-state index contributed by atoms with van der Waals surface area (Å²) in [5.41, 5.74) is 5.30. The van der Waals surface area contributed by atoms with E-state index in [-0.39, 0.29) is 40.5 Å². The zero-order valence-corrected chi connectivity index (χ0v) is 14.6. The second kappa shape index (κ2) is 7.34. The Labute approximate surface area is 157 Å². The summed E-state index contributed by atoms with van der Waals surface area (Å²) in [5.74, 6) is 0.0394. The molecular formula is C14H16N8O6. The number of oxime groups is 1. The molecule has 148 valence electrons. The third-order valence-electron chi connectivity index (χ3n) is 4.43. The second-order valence-corrected chi connectivity index (χ2v) is 6.10. The summed E-state index contributed by atoms with van der Waals surface area (Å²) in [6.45, 7) is 2.79. The number of anilines is 2. The van der Waals surface area contributed by atoms with Crippen LogP contribution in [0.15, 0.2) is 28.0 Å². The lowest BCUT2D eigenvalue weighted by atomic mass is 10.1. The largest absolute Gasteiger partial charge is 0.409 e. The SMILES string of the molecule is CC1CN(c2ccc([N+](=O)[O-])cc2[N+](=O)[O-])CCN1C(=NO)c1nonc1N. The molecule has 3 N–H and O–H groups in total. The maximum atomic E-state index is 11.4. The fourth-order valence-corrected chi connectivity index (χ4v) is 3.12. The quantitative estimate of drug-likeness (QED) is 0.246. The number of benzene rings is 1. The molecule has 2 aromatic rings. The zero-order valence-electron chi connectivity index (χ0n) is 14.6. The van der Waals surface area contributed by atoms with Gasteiger partial charge in [0.1, 0.15) is 5.69 Å². The average molecular weight is 392 g/mol. The van der Waals surface area contributed by atoms with Gasteiger partial charge in [-0.15, -0.1) is 0 Å². The number of nitrogens with zero attached hydrogens (tertiary/aromatic N) is 7. The van der Waals surface area contributed by atoms with Crippen molar-refractivity contribution < 1.29 is 19.7 Å². The van der Waals surface area contributed by atoms with E-state index >= 15 is 0 Å². The molecule has 14 heteroatoms. The molecule has 1 atom stereocenters. The molecular weight excluding hydrogens is 376 g/mol. The van der Waals surface area contributed by atoms with Crippen molar-refractivity contribution in [3.8, 4) is 0 Å². The van der Waals surface area contributed by atoms with E-state index in [9.17, 15) is 25.4 Å². The second-order valence-electron chi connectivity index (χ2n) is 6.10. The van der Waals surface area contributed by atoms with Crippen LogP contribution in [0.25, 0.3) is 0 Å². The minimum absolute atomic E-state index is 0.0339. The number of aromatic nitrogens is 2. The number of rotatable bonds is 4. The van der Waals surface area contributed by atoms with Crippen molar-refractivity contribution in [3.63, 3.8) is 0 Å². The number of amidine groups is 1. The van der Waals surface area contributed by atoms with Gasteiger partial charge < -0.3 is 20.7 Å². The van der Waals surface area contributed by atoms with E-state index in [1.165, 1.54) is 12.1 Å². The molecule has 0 aliphatic carbocycles. The molecule has 2 heterocycles. The summed E-state index contributed by atoms with van der Waals surface area (Å²) < 4.78 is 4.53. The smallest absolute Gasteiger partial charge is 0.299 e. The number of nitrogen functional groups attached to an aromatic ring is 1. The molecule has 3 rings (SSSR count). The van der Waals surface area contributed by atoms with Gasteiger partial charge in [-0.05, 0) is 23.3 Å². The monoisotopic (exact) mass is 392 g/mol. The molecule has 0 saturated carbocycles. The van der Waals surface area contributed by atoms with Crippen molar-refractivity contribution in [2.45, 2.75) is 13.0 Å². The fourth-order valence-electron chi connectivity index (χ4n) is 3.12. The van der Waals surface area contributed by atoms with Crippen molar-refractivity contribution in [1.29, 1.82) is 0 Å². The Kier molecular flexibility index (Phi) is 4.93. The molecule has 1 fully saturated rings. The Morgan fingerprint density at radius 3 is 2.61 bits per heavy atom. The topological polar surface area (TPSA) is 190 Å². The summed E-state index contributed by atoms with van der Waals surface area (Å²) in [5, 5.41) is 42.0. The highest BCUT2D eigenvalue weighted by atomic mass is 16.6. The van der Waals surface area contributed by atoms with Crippen molar-refractivity contribution in [1.82, 2.24) is 15.2 Å². The van der Waals surface area contributed by atoms with Crippen molar-refractivity contribution >= 4 is 28.7 Å². The number of hydrogen-bond acceptors (Lipinski definition) is 11. The average Bonchev–Trinajstić information content (AvgIpc) is 3.08. The van der Waals surface area contributed by atoms with Gasteiger partial charge in [0.05, 0.1) is 15.9 Å². The Balaban J connectivity index is 1.85. The molecule has 1 unspecified atom stereocenters. The normalized spacial score (nSPS) is 17.6. The standard InChI is InChI=1S/C14H16N8O6/c1-8-7-19(10-3-2-9(21(24)25)6-11(10)22(26)27)4-5-20(8)14(16-23)12-13(15)18-28-17-12/h2-3,6,8,23H,4-5,7H2,1H3,(H2,15,18). The van der Waals surface area contributed by atoms with Crippen LogP contribution in [0.3, 0.4) is 0 Å². The van der Waals surface area contributed by atoms with Crippen LogP contribution < -0.4 is 10.6 Å². The van der Waals surface area contributed by atoms with Gasteiger partial charge in [0, 0.05) is 31.7 Å². The maximum absolute atomic E-state index is 11.4. The van der Waals surface area contributed by atoms with Crippen molar-refractivity contribution in [2.24, 2.45) is 5.16 Å². The molecule has 0 radical (unpaired) electrons. The zero-order chi connectivity index (χ0) is 20.4.